The summed E-state index contributed by atoms with van der Waals surface area (Å²) >= 11 is 0. The minimum absolute atomic E-state index is 0.202. The normalized spacial score (nSPS) is 10.6. The zero-order valence-corrected chi connectivity index (χ0v) is 12.3. The maximum Gasteiger partial charge on any atom is 0.341 e. The van der Waals surface area contributed by atoms with Gasteiger partial charge in [0.15, 0.2) is 5.82 Å². The third-order valence-corrected chi connectivity index (χ3v) is 3.28. The van der Waals surface area contributed by atoms with Crippen molar-refractivity contribution in [3.05, 3.63) is 39.0 Å². The number of aryl methyl sites for hydroxylation is 1. The highest BCUT2D eigenvalue weighted by Gasteiger charge is 2.16. The minimum Gasteiger partial charge on any atom is -0.477 e. The molecule has 116 valence electrons. The molecule has 2 aromatic heterocycles. The molecule has 2 aromatic rings. The van der Waals surface area contributed by atoms with Gasteiger partial charge in [0.05, 0.1) is 10.7 Å². The molecule has 8 nitrogen and oxygen atoms in total. The Balaban J connectivity index is 2.72. The van der Waals surface area contributed by atoms with Gasteiger partial charge in [-0.05, 0) is 25.5 Å². The maximum absolute atomic E-state index is 12.2. The summed E-state index contributed by atoms with van der Waals surface area (Å²) < 4.78 is 1.57. The van der Waals surface area contributed by atoms with Gasteiger partial charge in [-0.1, -0.05) is 6.92 Å². The van der Waals surface area contributed by atoms with E-state index in [4.69, 9.17) is 5.11 Å². The highest BCUT2D eigenvalue weighted by atomic mass is 16.4. The summed E-state index contributed by atoms with van der Waals surface area (Å²) in [6.45, 7) is 4.56. The molecule has 0 aliphatic heterocycles. The molecule has 0 aliphatic rings. The quantitative estimate of drug-likeness (QED) is 0.646. The van der Waals surface area contributed by atoms with Crippen LogP contribution in [0, 0.1) is 4.91 Å². The van der Waals surface area contributed by atoms with Crippen molar-refractivity contribution < 1.29 is 9.90 Å². The number of carboxylic acid groups (broad SMARTS) is 1. The summed E-state index contributed by atoms with van der Waals surface area (Å²) in [6.07, 6.45) is 1.98. The van der Waals surface area contributed by atoms with E-state index in [1.807, 2.05) is 13.8 Å². The van der Waals surface area contributed by atoms with Crippen molar-refractivity contribution >= 4 is 22.8 Å². The zero-order chi connectivity index (χ0) is 16.3. The molecule has 22 heavy (non-hydrogen) atoms. The summed E-state index contributed by atoms with van der Waals surface area (Å²) in [7, 11) is 0. The summed E-state index contributed by atoms with van der Waals surface area (Å²) in [5, 5.41) is 13.4. The fraction of sp³-hybridized carbons (Fsp3) is 0.357. The fourth-order valence-electron chi connectivity index (χ4n) is 2.20. The van der Waals surface area contributed by atoms with E-state index in [-0.39, 0.29) is 10.9 Å². The molecule has 2 heterocycles. The predicted octanol–water partition coefficient (Wildman–Crippen LogP) is 2.01. The van der Waals surface area contributed by atoms with Gasteiger partial charge in [0.2, 0.25) is 5.43 Å². The lowest BCUT2D eigenvalue weighted by molar-refractivity contribution is 0.0695. The summed E-state index contributed by atoms with van der Waals surface area (Å²) in [4.78, 5) is 38.5. The number of hydrogen-bond acceptors (Lipinski definition) is 5. The van der Waals surface area contributed by atoms with Crippen LogP contribution in [0.5, 0.6) is 0 Å². The lowest BCUT2D eigenvalue weighted by atomic mass is 10.2. The Morgan fingerprint density at radius 1 is 1.41 bits per heavy atom. The van der Waals surface area contributed by atoms with Crippen molar-refractivity contribution in [2.75, 3.05) is 11.6 Å². The average molecular weight is 304 g/mol. The molecule has 0 atom stereocenters. The second-order valence-electron chi connectivity index (χ2n) is 4.71. The van der Waals surface area contributed by atoms with Gasteiger partial charge < -0.3 is 9.67 Å². The van der Waals surface area contributed by atoms with E-state index in [0.29, 0.717) is 31.0 Å². The van der Waals surface area contributed by atoms with Gasteiger partial charge in [-0.2, -0.15) is 0 Å². The number of carbonyl (C=O) groups is 1. The second kappa shape index (κ2) is 6.33. The second-order valence-corrected chi connectivity index (χ2v) is 4.71. The molecule has 0 aliphatic carbocycles. The van der Waals surface area contributed by atoms with Crippen LogP contribution in [0.4, 0.5) is 5.82 Å². The number of hydrogen-bond donors (Lipinski definition) is 1. The van der Waals surface area contributed by atoms with Crippen LogP contribution in [0.25, 0.3) is 11.0 Å². The number of nitroso groups, excluding NO2 is 1. The number of pyridine rings is 2. The molecule has 0 saturated heterocycles. The van der Waals surface area contributed by atoms with E-state index in [1.165, 1.54) is 23.3 Å². The number of nitrogens with zero attached hydrogens (tertiary/aromatic N) is 4. The van der Waals surface area contributed by atoms with Crippen LogP contribution in [-0.4, -0.2) is 27.2 Å². The molecule has 0 spiro atoms. The van der Waals surface area contributed by atoms with E-state index in [1.54, 1.807) is 4.57 Å². The molecular weight excluding hydrogens is 288 g/mol. The van der Waals surface area contributed by atoms with Crippen LogP contribution >= 0.6 is 0 Å². The Hall–Kier alpha value is -2.77. The van der Waals surface area contributed by atoms with E-state index in [0.717, 1.165) is 0 Å². The van der Waals surface area contributed by atoms with E-state index < -0.39 is 11.4 Å². The predicted molar refractivity (Wildman–Crippen MR) is 82.1 cm³/mol. The average Bonchev–Trinajstić information content (AvgIpc) is 2.52. The topological polar surface area (TPSA) is 105 Å². The number of aromatic carboxylic acids is 1. The third-order valence-electron chi connectivity index (χ3n) is 3.28. The minimum atomic E-state index is -1.28. The number of carboxylic acids is 1. The van der Waals surface area contributed by atoms with Crippen LogP contribution < -0.4 is 10.4 Å². The first-order valence-corrected chi connectivity index (χ1v) is 6.91. The van der Waals surface area contributed by atoms with Gasteiger partial charge in [0.25, 0.3) is 0 Å². The largest absolute Gasteiger partial charge is 0.477 e. The van der Waals surface area contributed by atoms with Crippen molar-refractivity contribution in [2.45, 2.75) is 26.8 Å². The first-order valence-electron chi connectivity index (χ1n) is 6.91. The van der Waals surface area contributed by atoms with Crippen molar-refractivity contribution in [3.8, 4) is 0 Å². The fourth-order valence-corrected chi connectivity index (χ4v) is 2.20. The van der Waals surface area contributed by atoms with Crippen LogP contribution in [0.2, 0.25) is 0 Å². The summed E-state index contributed by atoms with van der Waals surface area (Å²) in [5.41, 5.74) is -0.560. The van der Waals surface area contributed by atoms with Gasteiger partial charge in [0.1, 0.15) is 11.2 Å². The molecule has 2 rings (SSSR count). The molecular formula is C14H16N4O4. The maximum atomic E-state index is 12.2. The van der Waals surface area contributed by atoms with Crippen molar-refractivity contribution in [2.24, 2.45) is 5.29 Å². The number of fused-ring (bicyclic) bond motifs is 1. The van der Waals surface area contributed by atoms with Gasteiger partial charge in [0, 0.05) is 19.3 Å². The lowest BCUT2D eigenvalue weighted by Gasteiger charge is -2.15. The Bertz CT molecular complexity index is 784. The van der Waals surface area contributed by atoms with E-state index in [9.17, 15) is 14.5 Å². The summed E-state index contributed by atoms with van der Waals surface area (Å²) in [6, 6.07) is 2.97. The Morgan fingerprint density at radius 3 is 2.68 bits per heavy atom. The van der Waals surface area contributed by atoms with Crippen LogP contribution in [0.15, 0.2) is 28.4 Å². The van der Waals surface area contributed by atoms with Crippen molar-refractivity contribution in [1.29, 1.82) is 0 Å². The van der Waals surface area contributed by atoms with E-state index >= 15 is 0 Å². The Kier molecular flexibility index (Phi) is 4.50. The molecule has 0 fully saturated rings. The summed E-state index contributed by atoms with van der Waals surface area (Å²) in [5.74, 6) is -0.950. The van der Waals surface area contributed by atoms with Crippen molar-refractivity contribution in [3.63, 3.8) is 0 Å². The number of anilines is 1. The van der Waals surface area contributed by atoms with Gasteiger partial charge in [-0.15, -0.1) is 4.91 Å². The van der Waals surface area contributed by atoms with Gasteiger partial charge >= 0.3 is 5.97 Å². The lowest BCUT2D eigenvalue weighted by Crippen LogP contribution is -2.21. The highest BCUT2D eigenvalue weighted by Crippen LogP contribution is 2.17. The van der Waals surface area contributed by atoms with E-state index in [2.05, 4.69) is 10.3 Å². The Labute approximate surface area is 125 Å². The highest BCUT2D eigenvalue weighted by molar-refractivity contribution is 5.92. The smallest absolute Gasteiger partial charge is 0.341 e. The first-order chi connectivity index (χ1) is 10.5. The number of aromatic nitrogens is 2. The van der Waals surface area contributed by atoms with Crippen LogP contribution in [-0.2, 0) is 6.54 Å². The molecule has 0 aromatic carbocycles. The van der Waals surface area contributed by atoms with Gasteiger partial charge in [-0.3, -0.25) is 4.79 Å². The Morgan fingerprint density at radius 2 is 2.14 bits per heavy atom. The SMILES string of the molecule is CCCN(N=O)c1ccc2c(=O)c(C(=O)O)cn(CC)c2n1. The molecule has 0 bridgehead atoms. The number of rotatable bonds is 6. The van der Waals surface area contributed by atoms with Crippen molar-refractivity contribution in [1.82, 2.24) is 9.55 Å². The first kappa shape index (κ1) is 15.6. The van der Waals surface area contributed by atoms with Gasteiger partial charge in [-0.25, -0.2) is 14.8 Å². The molecule has 0 radical (unpaired) electrons. The molecule has 8 heteroatoms. The molecule has 0 saturated carbocycles. The van der Waals surface area contributed by atoms with Crippen LogP contribution in [0.1, 0.15) is 30.6 Å². The molecule has 1 N–H and O–H groups in total. The zero-order valence-electron chi connectivity index (χ0n) is 12.3. The molecule has 0 unspecified atom stereocenters. The van der Waals surface area contributed by atoms with Crippen LogP contribution in [0.3, 0.4) is 0 Å². The monoisotopic (exact) mass is 304 g/mol. The third kappa shape index (κ3) is 2.67. The standard InChI is InChI=1S/C14H16N4O4/c1-3-7-18(16-22)11-6-5-9-12(19)10(14(20)21)8-17(4-2)13(9)15-11/h5-6,8H,3-4,7H2,1-2H3,(H,20,21). The molecule has 0 amide bonds.